The van der Waals surface area contributed by atoms with Crippen molar-refractivity contribution in [3.05, 3.63) is 70.7 Å². The van der Waals surface area contributed by atoms with Crippen LogP contribution in [0.3, 0.4) is 0 Å². The Morgan fingerprint density at radius 3 is 2.61 bits per heavy atom. The van der Waals surface area contributed by atoms with Crippen molar-refractivity contribution in [2.45, 2.75) is 19.0 Å². The van der Waals surface area contributed by atoms with Gasteiger partial charge in [0.25, 0.3) is 0 Å². The van der Waals surface area contributed by atoms with Crippen molar-refractivity contribution < 1.29 is 4.79 Å². The minimum Gasteiger partial charge on any atom is -0.352 e. The Hall–Kier alpha value is -1.88. The van der Waals surface area contributed by atoms with Gasteiger partial charge in [-0.1, -0.05) is 60.1 Å². The van der Waals surface area contributed by atoms with Gasteiger partial charge in [-0.25, -0.2) is 0 Å². The van der Waals surface area contributed by atoms with E-state index in [0.29, 0.717) is 35.9 Å². The highest BCUT2D eigenvalue weighted by molar-refractivity contribution is 6.31. The third-order valence-electron chi connectivity index (χ3n) is 6.20. The molecule has 28 heavy (non-hydrogen) atoms. The van der Waals surface area contributed by atoms with Gasteiger partial charge in [0, 0.05) is 50.2 Å². The zero-order valence-corrected chi connectivity index (χ0v) is 17.1. The van der Waals surface area contributed by atoms with Gasteiger partial charge in [0.1, 0.15) is 0 Å². The number of hydrogen-bond acceptors (Lipinski definition) is 3. The molecule has 5 heteroatoms. The first kappa shape index (κ1) is 19.4. The van der Waals surface area contributed by atoms with Crippen LogP contribution in [0.5, 0.6) is 0 Å². The van der Waals surface area contributed by atoms with Gasteiger partial charge in [-0.15, -0.1) is 0 Å². The number of nitrogens with one attached hydrogen (secondary N) is 1. The predicted octanol–water partition coefficient (Wildman–Crippen LogP) is 3.58. The van der Waals surface area contributed by atoms with Crippen LogP contribution < -0.4 is 5.32 Å². The Bertz CT molecular complexity index is 813. The number of rotatable bonds is 6. The molecule has 2 fully saturated rings. The third-order valence-corrected chi connectivity index (χ3v) is 6.57. The van der Waals surface area contributed by atoms with Crippen molar-refractivity contribution >= 4 is 17.5 Å². The lowest BCUT2D eigenvalue weighted by atomic mass is 9.90. The Kier molecular flexibility index (Phi) is 6.00. The van der Waals surface area contributed by atoms with Crippen LogP contribution in [0, 0.1) is 11.8 Å². The van der Waals surface area contributed by atoms with E-state index in [1.807, 2.05) is 24.3 Å². The lowest BCUT2D eigenvalue weighted by Gasteiger charge is -2.26. The fraction of sp³-hybridized carbons (Fsp3) is 0.435. The average molecular weight is 398 g/mol. The Labute approximate surface area is 172 Å². The molecule has 0 spiro atoms. The third kappa shape index (κ3) is 4.24. The first-order valence-electron chi connectivity index (χ1n) is 10.1. The summed E-state index contributed by atoms with van der Waals surface area (Å²) in [5.41, 5.74) is 2.37. The maximum atomic E-state index is 12.3. The Morgan fingerprint density at radius 2 is 1.82 bits per heavy atom. The first-order valence-corrected chi connectivity index (χ1v) is 10.5. The van der Waals surface area contributed by atoms with Crippen molar-refractivity contribution in [1.82, 2.24) is 15.1 Å². The van der Waals surface area contributed by atoms with Crippen LogP contribution >= 0.6 is 11.6 Å². The van der Waals surface area contributed by atoms with E-state index >= 15 is 0 Å². The summed E-state index contributed by atoms with van der Waals surface area (Å²) in [4.78, 5) is 17.2. The number of carbonyl (C=O) groups excluding carboxylic acids is 1. The summed E-state index contributed by atoms with van der Waals surface area (Å²) < 4.78 is 0. The highest BCUT2D eigenvalue weighted by atomic mass is 35.5. The molecule has 0 bridgehead atoms. The standard InChI is InChI=1S/C23H28ClN3O/c1-26-14-19-15-27(16-20(19)23(26)17-7-3-2-4-8-17)12-11-22(28)25-13-18-9-5-6-10-21(18)24/h2-10,19-20,23H,11-16H2,1H3,(H,25,28)/t19-,20+,23+/m1/s1. The van der Waals surface area contributed by atoms with E-state index in [4.69, 9.17) is 11.6 Å². The summed E-state index contributed by atoms with van der Waals surface area (Å²) in [6.07, 6.45) is 0.537. The topological polar surface area (TPSA) is 35.6 Å². The van der Waals surface area contributed by atoms with E-state index in [-0.39, 0.29) is 5.91 Å². The smallest absolute Gasteiger partial charge is 0.221 e. The monoisotopic (exact) mass is 397 g/mol. The van der Waals surface area contributed by atoms with Crippen LogP contribution in [0.4, 0.5) is 0 Å². The molecule has 1 N–H and O–H groups in total. The van der Waals surface area contributed by atoms with Gasteiger partial charge >= 0.3 is 0 Å². The molecule has 0 unspecified atom stereocenters. The van der Waals surface area contributed by atoms with E-state index in [2.05, 4.69) is 52.5 Å². The quantitative estimate of drug-likeness (QED) is 0.809. The molecule has 0 aromatic heterocycles. The van der Waals surface area contributed by atoms with Gasteiger partial charge in [0.15, 0.2) is 0 Å². The number of hydrogen-bond donors (Lipinski definition) is 1. The van der Waals surface area contributed by atoms with Gasteiger partial charge in [0.05, 0.1) is 0 Å². The van der Waals surface area contributed by atoms with Crippen molar-refractivity contribution in [2.24, 2.45) is 11.8 Å². The van der Waals surface area contributed by atoms with Gasteiger partial charge in [0.2, 0.25) is 5.91 Å². The summed E-state index contributed by atoms with van der Waals surface area (Å²) >= 11 is 6.16. The number of fused-ring (bicyclic) bond motifs is 1. The van der Waals surface area contributed by atoms with Gasteiger partial charge < -0.3 is 10.2 Å². The fourth-order valence-corrected chi connectivity index (χ4v) is 5.07. The summed E-state index contributed by atoms with van der Waals surface area (Å²) in [5, 5.41) is 3.70. The molecule has 2 aromatic rings. The zero-order valence-electron chi connectivity index (χ0n) is 16.4. The largest absolute Gasteiger partial charge is 0.352 e. The average Bonchev–Trinajstić information content (AvgIpc) is 3.22. The van der Waals surface area contributed by atoms with Crippen LogP contribution in [0.1, 0.15) is 23.6 Å². The SMILES string of the molecule is CN1C[C@@H]2CN(CCC(=O)NCc3ccccc3Cl)C[C@@H]2[C@@H]1c1ccccc1. The lowest BCUT2D eigenvalue weighted by molar-refractivity contribution is -0.121. The molecule has 2 aliphatic heterocycles. The first-order chi connectivity index (χ1) is 13.6. The van der Waals surface area contributed by atoms with Crippen LogP contribution in [-0.4, -0.2) is 48.9 Å². The number of halogens is 1. The molecule has 148 valence electrons. The molecule has 4 nitrogen and oxygen atoms in total. The Balaban J connectivity index is 1.27. The second-order valence-electron chi connectivity index (χ2n) is 8.10. The van der Waals surface area contributed by atoms with E-state index in [9.17, 15) is 4.79 Å². The van der Waals surface area contributed by atoms with E-state index in [0.717, 1.165) is 31.7 Å². The maximum Gasteiger partial charge on any atom is 0.221 e. The van der Waals surface area contributed by atoms with Crippen molar-refractivity contribution in [2.75, 3.05) is 33.2 Å². The Morgan fingerprint density at radius 1 is 1.07 bits per heavy atom. The molecule has 2 aromatic carbocycles. The number of likely N-dealkylation sites (tertiary alicyclic amines) is 2. The lowest BCUT2D eigenvalue weighted by Crippen LogP contribution is -2.32. The molecule has 0 saturated carbocycles. The summed E-state index contributed by atoms with van der Waals surface area (Å²) in [6.45, 7) is 4.62. The molecule has 2 aliphatic rings. The molecule has 4 rings (SSSR count). The van der Waals surface area contributed by atoms with Gasteiger partial charge in [-0.05, 0) is 36.1 Å². The fourth-order valence-electron chi connectivity index (χ4n) is 4.87. The predicted molar refractivity (Wildman–Crippen MR) is 113 cm³/mol. The molecule has 2 heterocycles. The second-order valence-corrected chi connectivity index (χ2v) is 8.50. The number of benzene rings is 2. The molecular weight excluding hydrogens is 370 g/mol. The van der Waals surface area contributed by atoms with Crippen molar-refractivity contribution in [3.63, 3.8) is 0 Å². The second kappa shape index (κ2) is 8.64. The number of amides is 1. The van der Waals surface area contributed by atoms with E-state index < -0.39 is 0 Å². The molecule has 3 atom stereocenters. The molecule has 2 saturated heterocycles. The van der Waals surface area contributed by atoms with E-state index in [1.165, 1.54) is 5.56 Å². The minimum absolute atomic E-state index is 0.0914. The van der Waals surface area contributed by atoms with Crippen LogP contribution in [0.15, 0.2) is 54.6 Å². The van der Waals surface area contributed by atoms with E-state index in [1.54, 1.807) is 0 Å². The van der Waals surface area contributed by atoms with Crippen LogP contribution in [0.2, 0.25) is 5.02 Å². The van der Waals surface area contributed by atoms with Crippen LogP contribution in [-0.2, 0) is 11.3 Å². The molecule has 1 amide bonds. The van der Waals surface area contributed by atoms with Crippen molar-refractivity contribution in [1.29, 1.82) is 0 Å². The maximum absolute atomic E-state index is 12.3. The van der Waals surface area contributed by atoms with Crippen LogP contribution in [0.25, 0.3) is 0 Å². The number of carbonyl (C=O) groups is 1. The molecule has 0 radical (unpaired) electrons. The van der Waals surface area contributed by atoms with Gasteiger partial charge in [-0.3, -0.25) is 9.69 Å². The molecular formula is C23H28ClN3O. The summed E-state index contributed by atoms with van der Waals surface area (Å²) in [5.74, 6) is 1.44. The summed E-state index contributed by atoms with van der Waals surface area (Å²) in [6, 6.07) is 19.0. The minimum atomic E-state index is 0.0914. The van der Waals surface area contributed by atoms with Gasteiger partial charge in [-0.2, -0.15) is 0 Å². The highest BCUT2D eigenvalue weighted by Gasteiger charge is 2.45. The normalized spacial score (nSPS) is 25.0. The van der Waals surface area contributed by atoms with Crippen molar-refractivity contribution in [3.8, 4) is 0 Å². The molecule has 0 aliphatic carbocycles. The summed E-state index contributed by atoms with van der Waals surface area (Å²) in [7, 11) is 2.24. The zero-order chi connectivity index (χ0) is 19.5. The highest BCUT2D eigenvalue weighted by Crippen LogP contribution is 2.43. The number of nitrogens with zero attached hydrogens (tertiary/aromatic N) is 2.